The molecule has 1 fully saturated rings. The highest BCUT2D eigenvalue weighted by atomic mass is 16.2. The Morgan fingerprint density at radius 2 is 1.59 bits per heavy atom. The van der Waals surface area contributed by atoms with E-state index in [0.29, 0.717) is 6.61 Å². The molecule has 0 bridgehead atoms. The summed E-state index contributed by atoms with van der Waals surface area (Å²) in [5.41, 5.74) is 0. The molecule has 0 atom stereocenters. The van der Waals surface area contributed by atoms with E-state index in [9.17, 15) is 4.79 Å². The van der Waals surface area contributed by atoms with Gasteiger partial charge in [0.2, 0.25) is 0 Å². The molecule has 1 aliphatic rings. The number of nitrogens with one attached hydrogen (secondary N) is 2. The van der Waals surface area contributed by atoms with Crippen LogP contribution < -0.4 is 10.6 Å². The van der Waals surface area contributed by atoms with Gasteiger partial charge in [0.05, 0.1) is 0 Å². The number of hydrogen-bond acceptors (Lipinski definition) is 2. The molecule has 2 amide bonds. The molecule has 1 saturated heterocycles. The lowest BCUT2D eigenvalue weighted by molar-refractivity contribution is 0.248. The molecule has 4 nitrogen and oxygen atoms in total. The van der Waals surface area contributed by atoms with Crippen LogP contribution in [0.4, 0.5) is 4.79 Å². The van der Waals surface area contributed by atoms with Crippen LogP contribution in [-0.4, -0.2) is 30.8 Å². The van der Waals surface area contributed by atoms with Crippen LogP contribution in [-0.2, 0) is 0 Å². The Kier molecular flexibility index (Phi) is 30.0. The van der Waals surface area contributed by atoms with Crippen molar-refractivity contribution in [2.24, 2.45) is 0 Å². The van der Waals surface area contributed by atoms with Crippen LogP contribution in [0.5, 0.6) is 0 Å². The van der Waals surface area contributed by atoms with E-state index in [1.165, 1.54) is 19.3 Å². The minimum atomic E-state index is -0.0463. The summed E-state index contributed by atoms with van der Waals surface area (Å²) < 4.78 is 0. The molecule has 102 valence electrons. The fourth-order valence-corrected chi connectivity index (χ4v) is 0.953. The molecular weight excluding hydrogens is 216 g/mol. The predicted octanol–water partition coefficient (Wildman–Crippen LogP) is 2.13. The Morgan fingerprint density at radius 3 is 1.82 bits per heavy atom. The van der Waals surface area contributed by atoms with Crippen LogP contribution >= 0.6 is 0 Å². The quantitative estimate of drug-likeness (QED) is 0.524. The number of rotatable bonds is 4. The van der Waals surface area contributed by atoms with Crippen molar-refractivity contribution in [3.63, 3.8) is 0 Å². The first-order valence-corrected chi connectivity index (χ1v) is 6.27. The van der Waals surface area contributed by atoms with Crippen molar-refractivity contribution in [2.45, 2.75) is 46.5 Å². The number of urea groups is 1. The van der Waals surface area contributed by atoms with Gasteiger partial charge in [0.15, 0.2) is 0 Å². The SMILES string of the molecule is C#C.CC.CCCCCCO.O=C1NCCN1. The average Bonchev–Trinajstić information content (AvgIpc) is 2.87. The van der Waals surface area contributed by atoms with Crippen LogP contribution in [0, 0.1) is 12.8 Å². The molecule has 0 aromatic carbocycles. The molecule has 3 N–H and O–H groups in total. The van der Waals surface area contributed by atoms with E-state index in [4.69, 9.17) is 5.11 Å². The summed E-state index contributed by atoms with van der Waals surface area (Å²) in [6.45, 7) is 8.08. The monoisotopic (exact) mass is 244 g/mol. The second-order valence-electron chi connectivity index (χ2n) is 2.97. The normalized spacial score (nSPS) is 11.3. The lowest BCUT2D eigenvalue weighted by atomic mass is 10.2. The third-order valence-corrected chi connectivity index (χ3v) is 1.71. The summed E-state index contributed by atoms with van der Waals surface area (Å²) in [6.07, 6.45) is 12.7. The first-order valence-electron chi connectivity index (χ1n) is 6.27. The van der Waals surface area contributed by atoms with Crippen molar-refractivity contribution < 1.29 is 9.90 Å². The Hall–Kier alpha value is -1.21. The van der Waals surface area contributed by atoms with Crippen molar-refractivity contribution in [1.29, 1.82) is 0 Å². The zero-order valence-electron chi connectivity index (χ0n) is 11.5. The summed E-state index contributed by atoms with van der Waals surface area (Å²) in [5.74, 6) is 0. The van der Waals surface area contributed by atoms with Gasteiger partial charge in [-0.05, 0) is 6.42 Å². The van der Waals surface area contributed by atoms with Gasteiger partial charge >= 0.3 is 6.03 Å². The molecule has 0 aromatic rings. The van der Waals surface area contributed by atoms with Gasteiger partial charge in [-0.25, -0.2) is 4.79 Å². The smallest absolute Gasteiger partial charge is 0.314 e. The minimum absolute atomic E-state index is 0.0463. The highest BCUT2D eigenvalue weighted by Gasteiger charge is 2.03. The first kappa shape index (κ1) is 21.1. The highest BCUT2D eigenvalue weighted by molar-refractivity contribution is 5.75. The van der Waals surface area contributed by atoms with Gasteiger partial charge in [-0.3, -0.25) is 0 Å². The summed E-state index contributed by atoms with van der Waals surface area (Å²) in [5, 5.41) is 13.4. The van der Waals surface area contributed by atoms with Crippen LogP contribution in [0.25, 0.3) is 0 Å². The Labute approximate surface area is 106 Å². The predicted molar refractivity (Wildman–Crippen MR) is 73.9 cm³/mol. The Morgan fingerprint density at radius 1 is 1.12 bits per heavy atom. The highest BCUT2D eigenvalue weighted by Crippen LogP contribution is 1.96. The van der Waals surface area contributed by atoms with Crippen LogP contribution in [0.2, 0.25) is 0 Å². The zero-order chi connectivity index (χ0) is 13.9. The number of carbonyl (C=O) groups is 1. The number of unbranched alkanes of at least 4 members (excludes halogenated alkanes) is 3. The first-order chi connectivity index (χ1) is 8.31. The van der Waals surface area contributed by atoms with Crippen molar-refractivity contribution in [3.8, 4) is 12.8 Å². The molecule has 0 unspecified atom stereocenters. The van der Waals surface area contributed by atoms with Crippen LogP contribution in [0.15, 0.2) is 0 Å². The van der Waals surface area contributed by atoms with Gasteiger partial charge < -0.3 is 15.7 Å². The third-order valence-electron chi connectivity index (χ3n) is 1.71. The third kappa shape index (κ3) is 25.2. The maximum absolute atomic E-state index is 10.0. The molecule has 1 heterocycles. The summed E-state index contributed by atoms with van der Waals surface area (Å²) in [6, 6.07) is -0.0463. The molecular formula is C13H28N2O2. The van der Waals surface area contributed by atoms with E-state index in [0.717, 1.165) is 19.5 Å². The largest absolute Gasteiger partial charge is 0.396 e. The van der Waals surface area contributed by atoms with Gasteiger partial charge in [-0.2, -0.15) is 0 Å². The van der Waals surface area contributed by atoms with E-state index >= 15 is 0 Å². The van der Waals surface area contributed by atoms with Crippen molar-refractivity contribution in [1.82, 2.24) is 10.6 Å². The molecule has 0 spiro atoms. The Balaban J connectivity index is -0.000000179. The molecule has 0 aromatic heterocycles. The van der Waals surface area contributed by atoms with E-state index in [2.05, 4.69) is 30.4 Å². The lowest BCUT2D eigenvalue weighted by Crippen LogP contribution is -2.20. The van der Waals surface area contributed by atoms with Crippen LogP contribution in [0.3, 0.4) is 0 Å². The topological polar surface area (TPSA) is 61.4 Å². The standard InChI is InChI=1S/C6H14O.C3H6N2O.C2H6.C2H2/c1-2-3-4-5-6-7;6-3-4-1-2-5-3;2*1-2/h7H,2-6H2,1H3;1-2H2,(H2,4,5,6);1-2H3;1-2H. The Bertz CT molecular complexity index is 147. The number of amides is 2. The minimum Gasteiger partial charge on any atom is -0.396 e. The van der Waals surface area contributed by atoms with Gasteiger partial charge in [0, 0.05) is 19.7 Å². The van der Waals surface area contributed by atoms with Gasteiger partial charge in [0.1, 0.15) is 0 Å². The maximum atomic E-state index is 10.0. The van der Waals surface area contributed by atoms with E-state index < -0.39 is 0 Å². The van der Waals surface area contributed by atoms with E-state index in [1.807, 2.05) is 13.8 Å². The number of terminal acetylenes is 1. The van der Waals surface area contributed by atoms with Gasteiger partial charge in [-0.1, -0.05) is 40.0 Å². The average molecular weight is 244 g/mol. The van der Waals surface area contributed by atoms with Crippen molar-refractivity contribution >= 4 is 6.03 Å². The molecule has 17 heavy (non-hydrogen) atoms. The second kappa shape index (κ2) is 24.2. The number of aliphatic hydroxyl groups is 1. The molecule has 4 heteroatoms. The molecule has 1 aliphatic heterocycles. The summed E-state index contributed by atoms with van der Waals surface area (Å²) in [7, 11) is 0. The fourth-order valence-electron chi connectivity index (χ4n) is 0.953. The van der Waals surface area contributed by atoms with Crippen LogP contribution in [0.1, 0.15) is 46.5 Å². The fraction of sp³-hybridized carbons (Fsp3) is 0.769. The number of aliphatic hydroxyl groups excluding tert-OH is 1. The maximum Gasteiger partial charge on any atom is 0.314 e. The van der Waals surface area contributed by atoms with E-state index in [1.54, 1.807) is 0 Å². The molecule has 0 radical (unpaired) electrons. The lowest BCUT2D eigenvalue weighted by Gasteiger charge is -1.90. The summed E-state index contributed by atoms with van der Waals surface area (Å²) in [4.78, 5) is 10.0. The molecule has 1 rings (SSSR count). The second-order valence-corrected chi connectivity index (χ2v) is 2.97. The number of carbonyl (C=O) groups excluding carboxylic acids is 1. The van der Waals surface area contributed by atoms with Gasteiger partial charge in [0.25, 0.3) is 0 Å². The van der Waals surface area contributed by atoms with Crippen molar-refractivity contribution in [2.75, 3.05) is 19.7 Å². The molecule has 0 saturated carbocycles. The van der Waals surface area contributed by atoms with Gasteiger partial charge in [-0.15, -0.1) is 12.8 Å². The van der Waals surface area contributed by atoms with E-state index in [-0.39, 0.29) is 6.03 Å². The zero-order valence-corrected chi connectivity index (χ0v) is 11.5. The summed E-state index contributed by atoms with van der Waals surface area (Å²) >= 11 is 0. The molecule has 0 aliphatic carbocycles. The number of hydrogen-bond donors (Lipinski definition) is 3. The van der Waals surface area contributed by atoms with Crippen molar-refractivity contribution in [3.05, 3.63) is 0 Å².